The van der Waals surface area contributed by atoms with Crippen molar-refractivity contribution in [1.82, 2.24) is 5.32 Å². The highest BCUT2D eigenvalue weighted by Crippen LogP contribution is 2.48. The van der Waals surface area contributed by atoms with Crippen LogP contribution >= 0.6 is 0 Å². The number of piperidine rings is 1. The standard InChI is InChI=1S/C11H13NO/c1-2-4-10-9(3-1)11(13-10)5-7-12-8-6-11/h1-4,12H,5-8H2. The van der Waals surface area contributed by atoms with Crippen molar-refractivity contribution in [2.24, 2.45) is 0 Å². The molecule has 2 heteroatoms. The summed E-state index contributed by atoms with van der Waals surface area (Å²) in [5.74, 6) is 1.09. The zero-order valence-corrected chi connectivity index (χ0v) is 7.55. The van der Waals surface area contributed by atoms with Crippen molar-refractivity contribution in [2.75, 3.05) is 13.1 Å². The maximum atomic E-state index is 5.87. The molecule has 13 heavy (non-hydrogen) atoms. The molecule has 2 aliphatic rings. The Morgan fingerprint density at radius 3 is 2.69 bits per heavy atom. The van der Waals surface area contributed by atoms with Crippen molar-refractivity contribution < 1.29 is 4.74 Å². The van der Waals surface area contributed by atoms with E-state index in [0.717, 1.165) is 31.7 Å². The minimum absolute atomic E-state index is 0.0713. The Kier molecular flexibility index (Phi) is 1.41. The van der Waals surface area contributed by atoms with Crippen molar-refractivity contribution in [3.63, 3.8) is 0 Å². The average molecular weight is 175 g/mol. The van der Waals surface area contributed by atoms with Crippen LogP contribution in [0.1, 0.15) is 18.4 Å². The van der Waals surface area contributed by atoms with E-state index in [4.69, 9.17) is 4.74 Å². The fourth-order valence-corrected chi connectivity index (χ4v) is 2.35. The van der Waals surface area contributed by atoms with Crippen LogP contribution in [0.15, 0.2) is 24.3 Å². The second-order valence-corrected chi connectivity index (χ2v) is 3.84. The molecular weight excluding hydrogens is 162 g/mol. The third kappa shape index (κ3) is 0.923. The first-order valence-corrected chi connectivity index (χ1v) is 4.90. The lowest BCUT2D eigenvalue weighted by Gasteiger charge is -2.46. The minimum atomic E-state index is 0.0713. The van der Waals surface area contributed by atoms with Gasteiger partial charge in [0.05, 0.1) is 0 Å². The van der Waals surface area contributed by atoms with Gasteiger partial charge in [0.2, 0.25) is 0 Å². The fraction of sp³-hybridized carbons (Fsp3) is 0.455. The lowest BCUT2D eigenvalue weighted by Crippen LogP contribution is -2.49. The summed E-state index contributed by atoms with van der Waals surface area (Å²) in [7, 11) is 0. The number of para-hydroxylation sites is 1. The van der Waals surface area contributed by atoms with Crippen LogP contribution in [0, 0.1) is 0 Å². The van der Waals surface area contributed by atoms with Crippen LogP contribution < -0.4 is 10.1 Å². The van der Waals surface area contributed by atoms with Crippen LogP contribution in [0.4, 0.5) is 0 Å². The van der Waals surface area contributed by atoms with Gasteiger partial charge in [0.25, 0.3) is 0 Å². The van der Waals surface area contributed by atoms with Crippen LogP contribution in [0.5, 0.6) is 5.75 Å². The molecule has 1 spiro atoms. The Labute approximate surface area is 77.9 Å². The fourth-order valence-electron chi connectivity index (χ4n) is 2.35. The van der Waals surface area contributed by atoms with Gasteiger partial charge in [0.15, 0.2) is 0 Å². The molecule has 1 aromatic rings. The molecule has 0 bridgehead atoms. The molecule has 1 saturated heterocycles. The van der Waals surface area contributed by atoms with Gasteiger partial charge in [-0.1, -0.05) is 18.2 Å². The van der Waals surface area contributed by atoms with Crippen LogP contribution in [-0.4, -0.2) is 13.1 Å². The average Bonchev–Trinajstić information content (AvgIpc) is 2.18. The third-order valence-corrected chi connectivity index (χ3v) is 3.09. The second kappa shape index (κ2) is 2.48. The van der Waals surface area contributed by atoms with Gasteiger partial charge in [-0.3, -0.25) is 0 Å². The van der Waals surface area contributed by atoms with E-state index in [0.29, 0.717) is 0 Å². The zero-order valence-electron chi connectivity index (χ0n) is 7.55. The van der Waals surface area contributed by atoms with E-state index in [1.807, 2.05) is 6.07 Å². The van der Waals surface area contributed by atoms with E-state index in [-0.39, 0.29) is 5.60 Å². The molecule has 1 aromatic carbocycles. The largest absolute Gasteiger partial charge is 0.482 e. The van der Waals surface area contributed by atoms with Crippen LogP contribution in [0.3, 0.4) is 0 Å². The normalized spacial score (nSPS) is 23.1. The molecule has 3 rings (SSSR count). The van der Waals surface area contributed by atoms with Crippen molar-refractivity contribution in [1.29, 1.82) is 0 Å². The van der Waals surface area contributed by atoms with Crippen molar-refractivity contribution >= 4 is 0 Å². The Balaban J connectivity index is 1.97. The van der Waals surface area contributed by atoms with Gasteiger partial charge in [-0.25, -0.2) is 0 Å². The highest BCUT2D eigenvalue weighted by atomic mass is 16.5. The summed E-state index contributed by atoms with van der Waals surface area (Å²) >= 11 is 0. The molecular formula is C11H13NO. The molecule has 0 aromatic heterocycles. The van der Waals surface area contributed by atoms with Gasteiger partial charge in [-0.05, 0) is 19.2 Å². The molecule has 0 saturated carbocycles. The van der Waals surface area contributed by atoms with Gasteiger partial charge < -0.3 is 10.1 Å². The topological polar surface area (TPSA) is 21.3 Å². The van der Waals surface area contributed by atoms with Crippen LogP contribution in [0.25, 0.3) is 0 Å². The molecule has 0 amide bonds. The number of nitrogens with one attached hydrogen (secondary N) is 1. The van der Waals surface area contributed by atoms with Crippen LogP contribution in [0.2, 0.25) is 0 Å². The number of hydrogen-bond acceptors (Lipinski definition) is 2. The van der Waals surface area contributed by atoms with Crippen molar-refractivity contribution in [3.05, 3.63) is 29.8 Å². The monoisotopic (exact) mass is 175 g/mol. The summed E-state index contributed by atoms with van der Waals surface area (Å²) in [6.45, 7) is 2.16. The van der Waals surface area contributed by atoms with Crippen LogP contribution in [-0.2, 0) is 5.60 Å². The Morgan fingerprint density at radius 1 is 1.15 bits per heavy atom. The predicted molar refractivity (Wildman–Crippen MR) is 50.9 cm³/mol. The predicted octanol–water partition coefficient (Wildman–Crippen LogP) is 1.66. The minimum Gasteiger partial charge on any atom is -0.482 e. The number of hydrogen-bond donors (Lipinski definition) is 1. The third-order valence-electron chi connectivity index (χ3n) is 3.09. The molecule has 1 N–H and O–H groups in total. The molecule has 0 radical (unpaired) electrons. The second-order valence-electron chi connectivity index (χ2n) is 3.84. The lowest BCUT2D eigenvalue weighted by atomic mass is 9.80. The van der Waals surface area contributed by atoms with Gasteiger partial charge >= 0.3 is 0 Å². The molecule has 1 fully saturated rings. The maximum Gasteiger partial charge on any atom is 0.140 e. The van der Waals surface area contributed by atoms with E-state index >= 15 is 0 Å². The Bertz CT molecular complexity index is 329. The summed E-state index contributed by atoms with van der Waals surface area (Å²) in [5.41, 5.74) is 1.48. The number of fused-ring (bicyclic) bond motifs is 2. The molecule has 0 atom stereocenters. The summed E-state index contributed by atoms with van der Waals surface area (Å²) < 4.78 is 5.87. The van der Waals surface area contributed by atoms with Gasteiger partial charge in [0, 0.05) is 18.4 Å². The first-order valence-electron chi connectivity index (χ1n) is 4.90. The highest BCUT2D eigenvalue weighted by Gasteiger charge is 2.45. The first-order chi connectivity index (χ1) is 6.41. The van der Waals surface area contributed by atoms with Gasteiger partial charge in [-0.2, -0.15) is 0 Å². The maximum absolute atomic E-state index is 5.87. The molecule has 2 heterocycles. The summed E-state index contributed by atoms with van der Waals surface area (Å²) in [5, 5.41) is 3.36. The summed E-state index contributed by atoms with van der Waals surface area (Å²) in [6.07, 6.45) is 2.23. The molecule has 68 valence electrons. The SMILES string of the molecule is c1ccc2c(c1)OC21CCNCC1. The Hall–Kier alpha value is -1.02. The first kappa shape index (κ1) is 7.39. The molecule has 0 unspecified atom stereocenters. The van der Waals surface area contributed by atoms with Gasteiger partial charge in [0.1, 0.15) is 11.4 Å². The number of rotatable bonds is 0. The number of benzene rings is 1. The molecule has 2 nitrogen and oxygen atoms in total. The smallest absolute Gasteiger partial charge is 0.140 e. The van der Waals surface area contributed by atoms with E-state index in [1.165, 1.54) is 5.56 Å². The molecule has 0 aliphatic carbocycles. The van der Waals surface area contributed by atoms with Crippen molar-refractivity contribution in [2.45, 2.75) is 18.4 Å². The van der Waals surface area contributed by atoms with E-state index < -0.39 is 0 Å². The lowest BCUT2D eigenvalue weighted by molar-refractivity contribution is -0.0151. The van der Waals surface area contributed by atoms with E-state index in [2.05, 4.69) is 23.5 Å². The van der Waals surface area contributed by atoms with Gasteiger partial charge in [-0.15, -0.1) is 0 Å². The molecule has 2 aliphatic heterocycles. The summed E-state index contributed by atoms with van der Waals surface area (Å²) in [4.78, 5) is 0. The quantitative estimate of drug-likeness (QED) is 0.647. The van der Waals surface area contributed by atoms with Crippen molar-refractivity contribution in [3.8, 4) is 5.75 Å². The Morgan fingerprint density at radius 2 is 1.92 bits per heavy atom. The number of ether oxygens (including phenoxy) is 1. The summed E-state index contributed by atoms with van der Waals surface area (Å²) in [6, 6.07) is 8.39. The highest BCUT2D eigenvalue weighted by molar-refractivity contribution is 5.46. The van der Waals surface area contributed by atoms with E-state index in [9.17, 15) is 0 Å². The van der Waals surface area contributed by atoms with E-state index in [1.54, 1.807) is 0 Å². The zero-order chi connectivity index (χ0) is 8.73.